The number of furan rings is 1. The van der Waals surface area contributed by atoms with Gasteiger partial charge in [-0.3, -0.25) is 14.7 Å². The van der Waals surface area contributed by atoms with Gasteiger partial charge >= 0.3 is 6.18 Å². The number of nitrogens with one attached hydrogen (secondary N) is 1. The van der Waals surface area contributed by atoms with Crippen LogP contribution in [0.2, 0.25) is 0 Å². The van der Waals surface area contributed by atoms with Gasteiger partial charge in [-0.15, -0.1) is 0 Å². The zero-order chi connectivity index (χ0) is 22.4. The third-order valence-electron chi connectivity index (χ3n) is 5.02. The molecule has 3 aromatic rings. The molecule has 0 atom stereocenters. The molecule has 4 rings (SSSR count). The fourth-order valence-electron chi connectivity index (χ4n) is 3.54. The molecule has 0 bridgehead atoms. The molecule has 11 heteroatoms. The van der Waals surface area contributed by atoms with Gasteiger partial charge in [0.25, 0.3) is 5.56 Å². The summed E-state index contributed by atoms with van der Waals surface area (Å²) in [5, 5.41) is -0.358. The van der Waals surface area contributed by atoms with E-state index in [9.17, 15) is 26.4 Å². The molecule has 2 aromatic heterocycles. The maximum Gasteiger partial charge on any atom is 0.417 e. The van der Waals surface area contributed by atoms with E-state index in [1.807, 2.05) is 4.90 Å². The lowest BCUT2D eigenvalue weighted by atomic mass is 10.1. The van der Waals surface area contributed by atoms with E-state index in [-0.39, 0.29) is 29.6 Å². The topological polar surface area (TPSA) is 96.3 Å². The van der Waals surface area contributed by atoms with E-state index in [0.717, 1.165) is 12.3 Å². The average Bonchev–Trinajstić information content (AvgIpc) is 3.15. The predicted octanol–water partition coefficient (Wildman–Crippen LogP) is 3.01. The second-order valence-electron chi connectivity index (χ2n) is 7.34. The Balaban J connectivity index is 1.55. The Kier molecular flexibility index (Phi) is 5.26. The van der Waals surface area contributed by atoms with Crippen LogP contribution in [0.1, 0.15) is 22.6 Å². The van der Waals surface area contributed by atoms with E-state index in [2.05, 4.69) is 9.97 Å². The number of alkyl halides is 3. The van der Waals surface area contributed by atoms with E-state index in [4.69, 9.17) is 4.42 Å². The summed E-state index contributed by atoms with van der Waals surface area (Å²) in [5.74, 6) is 0.560. The first kappa shape index (κ1) is 21.3. The zero-order valence-corrected chi connectivity index (χ0v) is 17.2. The van der Waals surface area contributed by atoms with Crippen LogP contribution in [0.4, 0.5) is 13.2 Å². The summed E-state index contributed by atoms with van der Waals surface area (Å²) in [6.45, 7) is 0.986. The highest BCUT2D eigenvalue weighted by Crippen LogP contribution is 2.37. The van der Waals surface area contributed by atoms with Crippen molar-refractivity contribution < 1.29 is 26.0 Å². The molecule has 31 heavy (non-hydrogen) atoms. The van der Waals surface area contributed by atoms with Crippen molar-refractivity contribution in [3.05, 3.63) is 69.3 Å². The Morgan fingerprint density at radius 3 is 2.65 bits per heavy atom. The fraction of sp³-hybridized carbons (Fsp3) is 0.300. The van der Waals surface area contributed by atoms with Crippen LogP contribution in [0.15, 0.2) is 50.8 Å². The molecule has 0 aliphatic carbocycles. The number of hydrogen-bond acceptors (Lipinski definition) is 6. The minimum Gasteiger partial charge on any atom is -0.460 e. The second-order valence-corrected chi connectivity index (χ2v) is 9.27. The van der Waals surface area contributed by atoms with Crippen molar-refractivity contribution in [2.75, 3.05) is 12.8 Å². The number of nitrogens with zero attached hydrogens (tertiary/aromatic N) is 2. The van der Waals surface area contributed by atoms with Gasteiger partial charge in [-0.25, -0.2) is 13.4 Å². The fourth-order valence-corrected chi connectivity index (χ4v) is 4.10. The zero-order valence-electron chi connectivity index (χ0n) is 16.4. The van der Waals surface area contributed by atoms with Crippen molar-refractivity contribution in [3.63, 3.8) is 0 Å². The quantitative estimate of drug-likeness (QED) is 0.610. The summed E-state index contributed by atoms with van der Waals surface area (Å²) in [7, 11) is -3.63. The number of rotatable bonds is 4. The van der Waals surface area contributed by atoms with Crippen LogP contribution in [0.5, 0.6) is 0 Å². The molecular weight excluding hydrogens is 435 g/mol. The van der Waals surface area contributed by atoms with E-state index in [0.29, 0.717) is 30.0 Å². The molecule has 0 saturated heterocycles. The van der Waals surface area contributed by atoms with Gasteiger partial charge in [-0.05, 0) is 18.2 Å². The summed E-state index contributed by atoms with van der Waals surface area (Å²) < 4.78 is 68.8. The highest BCUT2D eigenvalue weighted by molar-refractivity contribution is 7.90. The van der Waals surface area contributed by atoms with Gasteiger partial charge in [0.1, 0.15) is 11.5 Å². The number of benzene rings is 1. The van der Waals surface area contributed by atoms with E-state index < -0.39 is 27.1 Å². The smallest absolute Gasteiger partial charge is 0.417 e. The highest BCUT2D eigenvalue weighted by Gasteiger charge is 2.34. The molecule has 0 saturated carbocycles. The summed E-state index contributed by atoms with van der Waals surface area (Å²) in [5.41, 5.74) is -0.539. The molecular formula is C20H18F3N3O4S. The predicted molar refractivity (Wildman–Crippen MR) is 105 cm³/mol. The molecule has 7 nitrogen and oxygen atoms in total. The number of halogens is 3. The maximum atomic E-state index is 13.3. The van der Waals surface area contributed by atoms with Crippen LogP contribution in [0.25, 0.3) is 11.3 Å². The second kappa shape index (κ2) is 7.65. The van der Waals surface area contributed by atoms with E-state index in [1.165, 1.54) is 24.3 Å². The van der Waals surface area contributed by atoms with Crippen molar-refractivity contribution in [1.29, 1.82) is 0 Å². The molecule has 1 aromatic carbocycles. The lowest BCUT2D eigenvalue weighted by Gasteiger charge is -2.26. The van der Waals surface area contributed by atoms with Gasteiger partial charge in [0.2, 0.25) is 15.0 Å². The summed E-state index contributed by atoms with van der Waals surface area (Å²) in [6.07, 6.45) is -3.16. The standard InChI is InChI=1S/C20H18F3N3O4S/c1-31(28,29)19-24-16-8-9-26(11-14(16)18(27)25-19)10-12-6-7-17(30-12)13-4-2-3-5-15(13)20(21,22)23/h2-7H,8-11H2,1H3,(H,24,25,27). The molecule has 1 aliphatic heterocycles. The first-order chi connectivity index (χ1) is 14.5. The largest absolute Gasteiger partial charge is 0.460 e. The third kappa shape index (κ3) is 4.42. The molecule has 164 valence electrons. The van der Waals surface area contributed by atoms with Gasteiger partial charge in [0.05, 0.1) is 23.4 Å². The SMILES string of the molecule is CS(=O)(=O)c1nc2c(c(=O)[nH]1)CN(Cc1ccc(-c3ccccc3C(F)(F)F)o1)CC2. The first-order valence-electron chi connectivity index (χ1n) is 9.32. The number of H-pyrrole nitrogens is 1. The molecule has 0 amide bonds. The Morgan fingerprint density at radius 1 is 1.19 bits per heavy atom. The van der Waals surface area contributed by atoms with Crippen molar-refractivity contribution in [2.45, 2.75) is 30.8 Å². The van der Waals surface area contributed by atoms with Gasteiger partial charge in [0.15, 0.2) is 0 Å². The molecule has 0 radical (unpaired) electrons. The Labute approximate surface area is 175 Å². The molecule has 0 fully saturated rings. The Hall–Kier alpha value is -2.92. The van der Waals surface area contributed by atoms with Gasteiger partial charge in [0, 0.05) is 31.3 Å². The Bertz CT molecular complexity index is 1300. The third-order valence-corrected chi connectivity index (χ3v) is 5.91. The normalized spacial score (nSPS) is 15.1. The van der Waals surface area contributed by atoms with Gasteiger partial charge in [-0.1, -0.05) is 18.2 Å². The lowest BCUT2D eigenvalue weighted by Crippen LogP contribution is -2.36. The minimum atomic E-state index is -4.50. The molecule has 1 aliphatic rings. The molecule has 3 heterocycles. The number of aromatic nitrogens is 2. The van der Waals surface area contributed by atoms with Crippen LogP contribution in [0.3, 0.4) is 0 Å². The van der Waals surface area contributed by atoms with Gasteiger partial charge < -0.3 is 4.42 Å². The van der Waals surface area contributed by atoms with Crippen molar-refractivity contribution in [2.24, 2.45) is 0 Å². The summed E-state index contributed by atoms with van der Waals surface area (Å²) >= 11 is 0. The lowest BCUT2D eigenvalue weighted by molar-refractivity contribution is -0.137. The monoisotopic (exact) mass is 453 g/mol. The van der Waals surface area contributed by atoms with E-state index in [1.54, 1.807) is 6.07 Å². The van der Waals surface area contributed by atoms with Crippen LogP contribution < -0.4 is 5.56 Å². The van der Waals surface area contributed by atoms with Crippen LogP contribution in [0, 0.1) is 0 Å². The number of fused-ring (bicyclic) bond motifs is 1. The number of aromatic amines is 1. The first-order valence-corrected chi connectivity index (χ1v) is 11.2. The van der Waals surface area contributed by atoms with Crippen LogP contribution >= 0.6 is 0 Å². The molecule has 1 N–H and O–H groups in total. The van der Waals surface area contributed by atoms with Crippen LogP contribution in [-0.2, 0) is 35.5 Å². The number of hydrogen-bond donors (Lipinski definition) is 1. The number of sulfone groups is 1. The van der Waals surface area contributed by atoms with Crippen LogP contribution in [-0.4, -0.2) is 36.1 Å². The van der Waals surface area contributed by atoms with Crippen molar-refractivity contribution in [1.82, 2.24) is 14.9 Å². The summed E-state index contributed by atoms with van der Waals surface area (Å²) in [4.78, 5) is 20.6. The van der Waals surface area contributed by atoms with Gasteiger partial charge in [-0.2, -0.15) is 13.2 Å². The Morgan fingerprint density at radius 2 is 1.94 bits per heavy atom. The van der Waals surface area contributed by atoms with E-state index >= 15 is 0 Å². The molecule has 0 unspecified atom stereocenters. The average molecular weight is 453 g/mol. The maximum absolute atomic E-state index is 13.3. The highest BCUT2D eigenvalue weighted by atomic mass is 32.2. The minimum absolute atomic E-state index is 0.0424. The van der Waals surface area contributed by atoms with Crippen molar-refractivity contribution in [3.8, 4) is 11.3 Å². The van der Waals surface area contributed by atoms with Crippen molar-refractivity contribution >= 4 is 9.84 Å². The summed E-state index contributed by atoms with van der Waals surface area (Å²) in [6, 6.07) is 8.29. The molecule has 0 spiro atoms.